The zero-order valence-corrected chi connectivity index (χ0v) is 31.8. The number of fused-ring (bicyclic) bond motifs is 1. The summed E-state index contributed by atoms with van der Waals surface area (Å²) in [5.41, 5.74) is 5.25. The van der Waals surface area contributed by atoms with E-state index < -0.39 is 0 Å². The average molecular weight is 765 g/mol. The van der Waals surface area contributed by atoms with Crippen LogP contribution in [0.25, 0.3) is 22.6 Å². The zero-order valence-electron chi connectivity index (χ0n) is 31.1. The van der Waals surface area contributed by atoms with Crippen LogP contribution in [0.15, 0.2) is 55.1 Å². The van der Waals surface area contributed by atoms with Crippen molar-refractivity contribution in [2.24, 2.45) is 18.9 Å². The molecule has 1 atom stereocenters. The van der Waals surface area contributed by atoms with Gasteiger partial charge in [0.1, 0.15) is 22.1 Å². The van der Waals surface area contributed by atoms with Crippen LogP contribution in [-0.2, 0) is 16.6 Å². The number of ether oxygens (including phenoxy) is 1. The highest BCUT2D eigenvalue weighted by Crippen LogP contribution is 2.36. The second-order valence-electron chi connectivity index (χ2n) is 15.0. The molecule has 3 aliphatic rings. The molecule has 14 nitrogen and oxygen atoms in total. The summed E-state index contributed by atoms with van der Waals surface area (Å²) in [6.07, 6.45) is 12.3. The van der Waals surface area contributed by atoms with Gasteiger partial charge in [0.05, 0.1) is 35.3 Å². The summed E-state index contributed by atoms with van der Waals surface area (Å²) in [5, 5.41) is 10.3. The predicted octanol–water partition coefficient (Wildman–Crippen LogP) is 5.39. The normalized spacial score (nSPS) is 18.8. The van der Waals surface area contributed by atoms with Gasteiger partial charge in [-0.2, -0.15) is 5.10 Å². The summed E-state index contributed by atoms with van der Waals surface area (Å²) >= 11 is 6.52. The minimum absolute atomic E-state index is 0.104. The second-order valence-corrected chi connectivity index (χ2v) is 15.4. The lowest BCUT2D eigenvalue weighted by Crippen LogP contribution is -2.43. The van der Waals surface area contributed by atoms with Gasteiger partial charge in [0.2, 0.25) is 11.8 Å². The van der Waals surface area contributed by atoms with Crippen LogP contribution in [0.4, 0.5) is 5.69 Å². The summed E-state index contributed by atoms with van der Waals surface area (Å²) in [6, 6.07) is 9.11. The molecule has 15 heteroatoms. The fraction of sp³-hybridized carbons (Fsp3) is 0.425. The molecule has 8 rings (SSSR count). The number of benzene rings is 1. The number of halogens is 1. The van der Waals surface area contributed by atoms with Crippen molar-refractivity contribution < 1.29 is 19.1 Å². The van der Waals surface area contributed by atoms with Crippen LogP contribution in [-0.4, -0.2) is 91.6 Å². The molecule has 5 aromatic rings. The Bertz CT molecular complexity index is 2200. The summed E-state index contributed by atoms with van der Waals surface area (Å²) < 4.78 is 7.93. The van der Waals surface area contributed by atoms with E-state index in [1.807, 2.05) is 26.4 Å². The molecule has 3 saturated heterocycles. The van der Waals surface area contributed by atoms with Crippen molar-refractivity contribution in [3.05, 3.63) is 77.0 Å². The molecule has 0 spiro atoms. The molecule has 3 amide bonds. The van der Waals surface area contributed by atoms with Crippen LogP contribution < -0.4 is 20.3 Å². The van der Waals surface area contributed by atoms with Crippen LogP contribution in [0.3, 0.4) is 0 Å². The molecule has 0 aliphatic carbocycles. The highest BCUT2D eigenvalue weighted by molar-refractivity contribution is 6.32. The topological polar surface area (TPSA) is 163 Å². The van der Waals surface area contributed by atoms with Crippen molar-refractivity contribution in [3.63, 3.8) is 0 Å². The van der Waals surface area contributed by atoms with Crippen molar-refractivity contribution in [1.29, 1.82) is 0 Å². The molecule has 1 aromatic carbocycles. The molecule has 55 heavy (non-hydrogen) atoms. The smallest absolute Gasteiger partial charge is 0.251 e. The van der Waals surface area contributed by atoms with Gasteiger partial charge in [-0.3, -0.25) is 29.4 Å². The summed E-state index contributed by atoms with van der Waals surface area (Å²) in [6.45, 7) is 7.66. The number of carbonyl (C=O) groups is 3. The number of nitrogens with zero attached hydrogens (tertiary/aromatic N) is 7. The molecule has 3 aliphatic heterocycles. The van der Waals surface area contributed by atoms with Crippen molar-refractivity contribution >= 4 is 46.2 Å². The number of imidazole rings is 1. The number of hydrogen-bond acceptors (Lipinski definition) is 10. The standard InChI is InChI=1S/C40H45ClN10O4/c1-24-32(23-49(2)48-24)37-46-35-36(33(41)21-43-38(35)47-37)55-30-5-3-27(4-6-30)39(53)44-18-25-9-13-50(14-10-25)22-26-11-15-51(16-12-26)29-17-28(19-42-20-29)31-7-8-34(52)45-40(31)54/h3-6,17,19-21,23,25-26,31H,7-16,18,22H2,1-2H3,(H,44,53)(H,43,46,47)(H,45,52,54)/t31-/m0/s1. The molecule has 0 saturated carbocycles. The van der Waals surface area contributed by atoms with Gasteiger partial charge in [-0.25, -0.2) is 9.97 Å². The van der Waals surface area contributed by atoms with E-state index in [2.05, 4.69) is 51.5 Å². The molecule has 0 unspecified atom stereocenters. The van der Waals surface area contributed by atoms with Gasteiger partial charge in [-0.05, 0) is 99.8 Å². The van der Waals surface area contributed by atoms with E-state index in [0.29, 0.717) is 70.3 Å². The van der Waals surface area contributed by atoms with E-state index in [4.69, 9.17) is 16.3 Å². The molecule has 7 heterocycles. The SMILES string of the molecule is Cc1nn(C)cc1-c1nc2ncc(Cl)c(Oc3ccc(C(=O)NCC4CCN(CC5CCN(c6cncc([C@@H]7CCC(=O)NC7=O)c6)CC5)CC4)cc3)c2[nH]1. The number of anilines is 1. The minimum atomic E-state index is -0.321. The lowest BCUT2D eigenvalue weighted by molar-refractivity contribution is -0.134. The Hall–Kier alpha value is -5.34. The maximum atomic E-state index is 13.1. The second kappa shape index (κ2) is 15.8. The van der Waals surface area contributed by atoms with Crippen LogP contribution in [0.5, 0.6) is 11.5 Å². The van der Waals surface area contributed by atoms with Crippen molar-refractivity contribution in [3.8, 4) is 22.9 Å². The average Bonchev–Trinajstić information content (AvgIpc) is 3.78. The Morgan fingerprint density at radius 2 is 1.76 bits per heavy atom. The summed E-state index contributed by atoms with van der Waals surface area (Å²) in [7, 11) is 1.86. The molecular formula is C40H45ClN10O4. The first kappa shape index (κ1) is 36.6. The first-order valence-electron chi connectivity index (χ1n) is 19.0. The number of carbonyl (C=O) groups excluding carboxylic acids is 3. The maximum Gasteiger partial charge on any atom is 0.251 e. The number of amides is 3. The Labute approximate surface area is 324 Å². The van der Waals surface area contributed by atoms with Gasteiger partial charge in [-0.15, -0.1) is 0 Å². The Morgan fingerprint density at radius 3 is 2.49 bits per heavy atom. The zero-order chi connectivity index (χ0) is 38.1. The first-order chi connectivity index (χ1) is 26.7. The number of aromatic amines is 1. The third-order valence-corrected chi connectivity index (χ3v) is 11.4. The Balaban J connectivity index is 0.777. The number of piperidine rings is 3. The quantitative estimate of drug-likeness (QED) is 0.157. The number of nitrogens with one attached hydrogen (secondary N) is 3. The Morgan fingerprint density at radius 1 is 1.00 bits per heavy atom. The molecule has 4 aromatic heterocycles. The number of aryl methyl sites for hydroxylation is 2. The van der Waals surface area contributed by atoms with E-state index in [1.54, 1.807) is 35.1 Å². The van der Waals surface area contributed by atoms with Crippen LogP contribution >= 0.6 is 11.6 Å². The number of rotatable bonds is 10. The van der Waals surface area contributed by atoms with Gasteiger partial charge in [-0.1, -0.05) is 11.6 Å². The van der Waals surface area contributed by atoms with E-state index in [9.17, 15) is 14.4 Å². The molecule has 0 bridgehead atoms. The molecular weight excluding hydrogens is 720 g/mol. The van der Waals surface area contributed by atoms with Crippen molar-refractivity contribution in [1.82, 2.24) is 45.2 Å². The van der Waals surface area contributed by atoms with Gasteiger partial charge < -0.3 is 24.8 Å². The predicted molar refractivity (Wildman–Crippen MR) is 208 cm³/mol. The van der Waals surface area contributed by atoms with Gasteiger partial charge in [0.15, 0.2) is 11.4 Å². The minimum Gasteiger partial charge on any atom is -0.453 e. The molecule has 286 valence electrons. The maximum absolute atomic E-state index is 13.1. The third-order valence-electron chi connectivity index (χ3n) is 11.2. The fourth-order valence-corrected chi connectivity index (χ4v) is 8.22. The van der Waals surface area contributed by atoms with Gasteiger partial charge in [0, 0.05) is 57.6 Å². The number of imide groups is 1. The van der Waals surface area contributed by atoms with E-state index in [0.717, 1.165) is 80.9 Å². The highest BCUT2D eigenvalue weighted by atomic mass is 35.5. The van der Waals surface area contributed by atoms with Gasteiger partial charge >= 0.3 is 0 Å². The Kier molecular flexibility index (Phi) is 10.5. The van der Waals surface area contributed by atoms with E-state index in [-0.39, 0.29) is 23.6 Å². The lowest BCUT2D eigenvalue weighted by Gasteiger charge is -2.38. The monoisotopic (exact) mass is 764 g/mol. The van der Waals surface area contributed by atoms with Gasteiger partial charge in [0.25, 0.3) is 5.91 Å². The number of H-pyrrole nitrogens is 1. The third kappa shape index (κ3) is 8.20. The number of pyridine rings is 2. The largest absolute Gasteiger partial charge is 0.453 e. The number of likely N-dealkylation sites (tertiary alicyclic amines) is 1. The van der Waals surface area contributed by atoms with Crippen LogP contribution in [0.2, 0.25) is 5.02 Å². The van der Waals surface area contributed by atoms with E-state index >= 15 is 0 Å². The summed E-state index contributed by atoms with van der Waals surface area (Å²) in [5.74, 6) is 1.80. The fourth-order valence-electron chi connectivity index (χ4n) is 8.03. The number of hydrogen-bond donors (Lipinski definition) is 3. The summed E-state index contributed by atoms with van der Waals surface area (Å²) in [4.78, 5) is 58.7. The van der Waals surface area contributed by atoms with Crippen molar-refractivity contribution in [2.45, 2.75) is 51.4 Å². The molecule has 3 N–H and O–H groups in total. The van der Waals surface area contributed by atoms with E-state index in [1.165, 1.54) is 6.20 Å². The highest BCUT2D eigenvalue weighted by Gasteiger charge is 2.30. The van der Waals surface area contributed by atoms with Crippen molar-refractivity contribution in [2.75, 3.05) is 44.2 Å². The molecule has 0 radical (unpaired) electrons. The number of aromatic nitrogens is 6. The lowest BCUT2D eigenvalue weighted by atomic mass is 9.90. The van der Waals surface area contributed by atoms with Crippen LogP contribution in [0.1, 0.15) is 66.1 Å². The first-order valence-corrected chi connectivity index (χ1v) is 19.4. The molecule has 3 fully saturated rings. The van der Waals surface area contributed by atoms with Crippen LogP contribution in [0, 0.1) is 18.8 Å².